The van der Waals surface area contributed by atoms with Crippen LogP contribution in [0.1, 0.15) is 31.4 Å². The van der Waals surface area contributed by atoms with E-state index >= 15 is 0 Å². The van der Waals surface area contributed by atoms with Crippen molar-refractivity contribution in [1.82, 2.24) is 4.90 Å². The molecule has 0 spiro atoms. The van der Waals surface area contributed by atoms with Crippen molar-refractivity contribution in [1.29, 1.82) is 0 Å². The summed E-state index contributed by atoms with van der Waals surface area (Å²) in [7, 11) is 4.04. The molecule has 1 aliphatic rings. The van der Waals surface area contributed by atoms with E-state index in [0.717, 1.165) is 25.9 Å². The van der Waals surface area contributed by atoms with Crippen molar-refractivity contribution in [2.24, 2.45) is 0 Å². The Morgan fingerprint density at radius 1 is 1.37 bits per heavy atom. The van der Waals surface area contributed by atoms with Crippen LogP contribution in [0, 0.1) is 5.82 Å². The van der Waals surface area contributed by atoms with E-state index in [1.807, 2.05) is 11.9 Å². The number of halogens is 1. The summed E-state index contributed by atoms with van der Waals surface area (Å²) in [5, 5.41) is 9.82. The van der Waals surface area contributed by atoms with Crippen molar-refractivity contribution >= 4 is 5.69 Å². The summed E-state index contributed by atoms with van der Waals surface area (Å²) < 4.78 is 14.1. The largest absolute Gasteiger partial charge is 0.389 e. The molecular formula is C15H23FN2O. The molecule has 1 saturated heterocycles. The first-order valence-corrected chi connectivity index (χ1v) is 6.88. The molecule has 1 aliphatic heterocycles. The zero-order valence-corrected chi connectivity index (χ0v) is 11.9. The van der Waals surface area contributed by atoms with E-state index in [9.17, 15) is 9.50 Å². The Bertz CT molecular complexity index is 428. The lowest BCUT2D eigenvalue weighted by atomic mass is 10.0. The number of hydrogen-bond acceptors (Lipinski definition) is 3. The predicted molar refractivity (Wildman–Crippen MR) is 76.0 cm³/mol. The van der Waals surface area contributed by atoms with Gasteiger partial charge in [-0.05, 0) is 46.0 Å². The molecular weight excluding hydrogens is 243 g/mol. The number of likely N-dealkylation sites (tertiary alicyclic amines) is 1. The molecule has 0 radical (unpaired) electrons. The highest BCUT2D eigenvalue weighted by atomic mass is 19.1. The molecule has 1 fully saturated rings. The first-order valence-electron chi connectivity index (χ1n) is 6.88. The third-order valence-electron chi connectivity index (χ3n) is 4.06. The van der Waals surface area contributed by atoms with Gasteiger partial charge in [-0.15, -0.1) is 0 Å². The SMILES string of the molecule is C[C@@H](O)c1cccc(F)c1N(C)C1CCN(C)CC1. The van der Waals surface area contributed by atoms with E-state index in [0.29, 0.717) is 17.3 Å². The van der Waals surface area contributed by atoms with Gasteiger partial charge in [0.1, 0.15) is 5.82 Å². The lowest BCUT2D eigenvalue weighted by Gasteiger charge is -2.37. The molecule has 4 heteroatoms. The highest BCUT2D eigenvalue weighted by Gasteiger charge is 2.25. The Kier molecular flexibility index (Phi) is 4.42. The van der Waals surface area contributed by atoms with E-state index in [-0.39, 0.29) is 5.82 Å². The lowest BCUT2D eigenvalue weighted by Crippen LogP contribution is -2.42. The van der Waals surface area contributed by atoms with Gasteiger partial charge >= 0.3 is 0 Å². The van der Waals surface area contributed by atoms with Crippen LogP contribution < -0.4 is 4.90 Å². The van der Waals surface area contributed by atoms with Crippen molar-refractivity contribution in [2.75, 3.05) is 32.1 Å². The summed E-state index contributed by atoms with van der Waals surface area (Å²) in [5.74, 6) is -0.250. The van der Waals surface area contributed by atoms with Crippen LogP contribution in [0.3, 0.4) is 0 Å². The maximum absolute atomic E-state index is 14.1. The van der Waals surface area contributed by atoms with Gasteiger partial charge in [-0.2, -0.15) is 0 Å². The van der Waals surface area contributed by atoms with Gasteiger partial charge in [-0.1, -0.05) is 12.1 Å². The molecule has 106 valence electrons. The third kappa shape index (κ3) is 3.07. The number of piperidine rings is 1. The summed E-state index contributed by atoms with van der Waals surface area (Å²) in [6.45, 7) is 3.75. The average molecular weight is 266 g/mol. The van der Waals surface area contributed by atoms with Gasteiger partial charge in [-0.3, -0.25) is 0 Å². The molecule has 0 unspecified atom stereocenters. The number of nitrogens with zero attached hydrogens (tertiary/aromatic N) is 2. The molecule has 0 bridgehead atoms. The molecule has 0 saturated carbocycles. The maximum Gasteiger partial charge on any atom is 0.146 e. The van der Waals surface area contributed by atoms with Gasteiger partial charge in [0.15, 0.2) is 0 Å². The van der Waals surface area contributed by atoms with Crippen molar-refractivity contribution in [3.8, 4) is 0 Å². The standard InChI is InChI=1S/C15H23FN2O/c1-11(19)13-5-4-6-14(16)15(13)18(3)12-7-9-17(2)10-8-12/h4-6,11-12,19H,7-10H2,1-3H3/t11-/m1/s1. The van der Waals surface area contributed by atoms with E-state index < -0.39 is 6.10 Å². The average Bonchev–Trinajstić information content (AvgIpc) is 2.38. The minimum Gasteiger partial charge on any atom is -0.389 e. The number of hydrogen-bond donors (Lipinski definition) is 1. The van der Waals surface area contributed by atoms with Gasteiger partial charge in [0.25, 0.3) is 0 Å². The van der Waals surface area contributed by atoms with E-state index in [1.54, 1.807) is 19.1 Å². The fraction of sp³-hybridized carbons (Fsp3) is 0.600. The second kappa shape index (κ2) is 5.88. The monoisotopic (exact) mass is 266 g/mol. The molecule has 1 atom stereocenters. The Morgan fingerprint density at radius 3 is 2.58 bits per heavy atom. The lowest BCUT2D eigenvalue weighted by molar-refractivity contribution is 0.198. The molecule has 19 heavy (non-hydrogen) atoms. The molecule has 1 heterocycles. The molecule has 3 nitrogen and oxygen atoms in total. The quantitative estimate of drug-likeness (QED) is 0.910. The summed E-state index contributed by atoms with van der Waals surface area (Å²) in [6.07, 6.45) is 1.40. The van der Waals surface area contributed by atoms with Gasteiger partial charge in [0.2, 0.25) is 0 Å². The van der Waals surface area contributed by atoms with Gasteiger partial charge in [0, 0.05) is 18.7 Å². The van der Waals surface area contributed by atoms with Crippen LogP contribution in [-0.2, 0) is 0 Å². The van der Waals surface area contributed by atoms with Crippen LogP contribution in [-0.4, -0.2) is 43.2 Å². The third-order valence-corrected chi connectivity index (χ3v) is 4.06. The van der Waals surface area contributed by atoms with Gasteiger partial charge < -0.3 is 14.9 Å². The second-order valence-corrected chi connectivity index (χ2v) is 5.50. The number of benzene rings is 1. The summed E-state index contributed by atoms with van der Waals surface area (Å²) >= 11 is 0. The molecule has 1 aromatic carbocycles. The Labute approximate surface area is 114 Å². The van der Waals surface area contributed by atoms with Gasteiger partial charge in [-0.25, -0.2) is 4.39 Å². The van der Waals surface area contributed by atoms with Gasteiger partial charge in [0.05, 0.1) is 11.8 Å². The Morgan fingerprint density at radius 2 is 2.00 bits per heavy atom. The van der Waals surface area contributed by atoms with E-state index in [4.69, 9.17) is 0 Å². The Balaban J connectivity index is 2.25. The van der Waals surface area contributed by atoms with Crippen molar-refractivity contribution in [3.05, 3.63) is 29.6 Å². The zero-order valence-electron chi connectivity index (χ0n) is 11.9. The zero-order chi connectivity index (χ0) is 14.0. The molecule has 1 aromatic rings. The molecule has 0 amide bonds. The minimum atomic E-state index is -0.653. The van der Waals surface area contributed by atoms with Crippen molar-refractivity contribution < 1.29 is 9.50 Å². The number of para-hydroxylation sites is 1. The number of anilines is 1. The number of rotatable bonds is 3. The second-order valence-electron chi connectivity index (χ2n) is 5.50. The maximum atomic E-state index is 14.1. The fourth-order valence-electron chi connectivity index (χ4n) is 2.81. The summed E-state index contributed by atoms with van der Waals surface area (Å²) in [5.41, 5.74) is 1.22. The summed E-state index contributed by atoms with van der Waals surface area (Å²) in [6, 6.07) is 5.26. The van der Waals surface area contributed by atoms with Crippen LogP contribution in [0.15, 0.2) is 18.2 Å². The minimum absolute atomic E-state index is 0.250. The van der Waals surface area contributed by atoms with E-state index in [1.165, 1.54) is 6.07 Å². The van der Waals surface area contributed by atoms with Crippen LogP contribution in [0.2, 0.25) is 0 Å². The predicted octanol–water partition coefficient (Wildman–Crippen LogP) is 2.41. The van der Waals surface area contributed by atoms with Crippen molar-refractivity contribution in [3.63, 3.8) is 0 Å². The van der Waals surface area contributed by atoms with Crippen LogP contribution >= 0.6 is 0 Å². The molecule has 0 aromatic heterocycles. The smallest absolute Gasteiger partial charge is 0.146 e. The highest BCUT2D eigenvalue weighted by molar-refractivity contribution is 5.56. The number of aliphatic hydroxyl groups is 1. The summed E-state index contributed by atoms with van der Waals surface area (Å²) in [4.78, 5) is 4.30. The first-order chi connectivity index (χ1) is 9.00. The van der Waals surface area contributed by atoms with Crippen molar-refractivity contribution in [2.45, 2.75) is 31.9 Å². The van der Waals surface area contributed by atoms with E-state index in [2.05, 4.69) is 11.9 Å². The molecule has 1 N–H and O–H groups in total. The topological polar surface area (TPSA) is 26.7 Å². The van der Waals surface area contributed by atoms with Crippen LogP contribution in [0.4, 0.5) is 10.1 Å². The molecule has 2 rings (SSSR count). The van der Waals surface area contributed by atoms with Crippen LogP contribution in [0.5, 0.6) is 0 Å². The number of aliphatic hydroxyl groups excluding tert-OH is 1. The fourth-order valence-corrected chi connectivity index (χ4v) is 2.81. The highest BCUT2D eigenvalue weighted by Crippen LogP contribution is 2.31. The first kappa shape index (κ1) is 14.3. The molecule has 0 aliphatic carbocycles. The normalized spacial score (nSPS) is 19.4. The Hall–Kier alpha value is -1.13. The van der Waals surface area contributed by atoms with Crippen LogP contribution in [0.25, 0.3) is 0 Å².